The van der Waals surface area contributed by atoms with Gasteiger partial charge in [-0.15, -0.1) is 24.0 Å². The summed E-state index contributed by atoms with van der Waals surface area (Å²) in [5.41, 5.74) is 5.71. The van der Waals surface area contributed by atoms with Gasteiger partial charge in [0.2, 0.25) is 0 Å². The molecular formula is C19H36IN3O2. The van der Waals surface area contributed by atoms with E-state index in [0.29, 0.717) is 12.0 Å². The van der Waals surface area contributed by atoms with Crippen LogP contribution in [0.25, 0.3) is 0 Å². The molecule has 0 aromatic rings. The predicted octanol–water partition coefficient (Wildman–Crippen LogP) is 4.13. The van der Waals surface area contributed by atoms with Gasteiger partial charge in [0.15, 0.2) is 5.96 Å². The van der Waals surface area contributed by atoms with Crippen LogP contribution in [0.5, 0.6) is 0 Å². The molecule has 2 aliphatic rings. The average Bonchev–Trinajstić information content (AvgIpc) is 2.74. The fourth-order valence-corrected chi connectivity index (χ4v) is 3.69. The van der Waals surface area contributed by atoms with E-state index in [-0.39, 0.29) is 41.9 Å². The second kappa shape index (κ2) is 10.6. The molecule has 2 aliphatic carbocycles. The summed E-state index contributed by atoms with van der Waals surface area (Å²) in [5, 5.41) is 3.41. The first-order chi connectivity index (χ1) is 11.3. The van der Waals surface area contributed by atoms with E-state index >= 15 is 0 Å². The van der Waals surface area contributed by atoms with Crippen LogP contribution >= 0.6 is 24.0 Å². The van der Waals surface area contributed by atoms with Crippen LogP contribution in [0, 0.1) is 5.92 Å². The van der Waals surface area contributed by atoms with E-state index in [0.717, 1.165) is 25.7 Å². The SMILES string of the molecule is CC(C)(C)OC(=O)C1CCC(N=C(N)NC2CCCCCC2)CC1.I. The smallest absolute Gasteiger partial charge is 0.309 e. The Morgan fingerprint density at radius 1 is 1.00 bits per heavy atom. The molecule has 0 saturated heterocycles. The Morgan fingerprint density at radius 2 is 1.56 bits per heavy atom. The summed E-state index contributed by atoms with van der Waals surface area (Å²) in [6.07, 6.45) is 11.2. The zero-order chi connectivity index (χ0) is 17.6. The summed E-state index contributed by atoms with van der Waals surface area (Å²) in [4.78, 5) is 16.8. The first-order valence-electron chi connectivity index (χ1n) is 9.66. The standard InChI is InChI=1S/C19H35N3O2.HI/c1-19(2,3)24-17(23)14-10-12-16(13-11-14)22-18(20)21-15-8-6-4-5-7-9-15;/h14-16H,4-13H2,1-3H3,(H3,20,21,22);1H. The zero-order valence-electron chi connectivity index (χ0n) is 16.1. The summed E-state index contributed by atoms with van der Waals surface area (Å²) in [7, 11) is 0. The molecular weight excluding hydrogens is 429 g/mol. The van der Waals surface area contributed by atoms with Gasteiger partial charge in [0.25, 0.3) is 0 Å². The molecule has 0 atom stereocenters. The van der Waals surface area contributed by atoms with E-state index in [1.54, 1.807) is 0 Å². The maximum Gasteiger partial charge on any atom is 0.309 e. The highest BCUT2D eigenvalue weighted by atomic mass is 127. The van der Waals surface area contributed by atoms with Crippen LogP contribution in [0.1, 0.15) is 85.0 Å². The summed E-state index contributed by atoms with van der Waals surface area (Å²) >= 11 is 0. The molecule has 146 valence electrons. The van der Waals surface area contributed by atoms with E-state index in [9.17, 15) is 4.79 Å². The van der Waals surface area contributed by atoms with Gasteiger partial charge in [-0.1, -0.05) is 25.7 Å². The van der Waals surface area contributed by atoms with Crippen LogP contribution in [-0.2, 0) is 9.53 Å². The maximum atomic E-state index is 12.1. The van der Waals surface area contributed by atoms with Gasteiger partial charge in [0.1, 0.15) is 5.60 Å². The number of aliphatic imine (C=N–C) groups is 1. The van der Waals surface area contributed by atoms with Gasteiger partial charge in [-0.05, 0) is 59.3 Å². The van der Waals surface area contributed by atoms with Crippen molar-refractivity contribution in [2.75, 3.05) is 0 Å². The van der Waals surface area contributed by atoms with Crippen molar-refractivity contribution in [1.29, 1.82) is 0 Å². The fourth-order valence-electron chi connectivity index (χ4n) is 3.69. The lowest BCUT2D eigenvalue weighted by Gasteiger charge is -2.28. The second-order valence-corrected chi connectivity index (χ2v) is 8.39. The summed E-state index contributed by atoms with van der Waals surface area (Å²) in [6, 6.07) is 0.719. The molecule has 0 aromatic heterocycles. The highest BCUT2D eigenvalue weighted by Gasteiger charge is 2.30. The highest BCUT2D eigenvalue weighted by molar-refractivity contribution is 14.0. The topological polar surface area (TPSA) is 76.7 Å². The van der Waals surface area contributed by atoms with Crippen molar-refractivity contribution in [2.45, 2.75) is 103 Å². The minimum absolute atomic E-state index is 0. The van der Waals surface area contributed by atoms with Crippen molar-refractivity contribution in [3.63, 3.8) is 0 Å². The molecule has 2 rings (SSSR count). The van der Waals surface area contributed by atoms with Crippen LogP contribution < -0.4 is 11.1 Å². The number of nitrogens with zero attached hydrogens (tertiary/aromatic N) is 1. The number of hydrogen-bond donors (Lipinski definition) is 2. The van der Waals surface area contributed by atoms with Crippen LogP contribution in [0.3, 0.4) is 0 Å². The van der Waals surface area contributed by atoms with Crippen molar-refractivity contribution < 1.29 is 9.53 Å². The summed E-state index contributed by atoms with van der Waals surface area (Å²) in [5.74, 6) is 0.545. The number of nitrogens with one attached hydrogen (secondary N) is 1. The molecule has 0 bridgehead atoms. The molecule has 2 fully saturated rings. The van der Waals surface area contributed by atoms with Crippen molar-refractivity contribution in [3.05, 3.63) is 0 Å². The molecule has 0 unspecified atom stereocenters. The Labute approximate surface area is 170 Å². The predicted molar refractivity (Wildman–Crippen MR) is 113 cm³/mol. The van der Waals surface area contributed by atoms with Crippen LogP contribution in [-0.4, -0.2) is 29.6 Å². The number of ether oxygens (including phenoxy) is 1. The van der Waals surface area contributed by atoms with Gasteiger partial charge >= 0.3 is 5.97 Å². The van der Waals surface area contributed by atoms with Gasteiger partial charge in [-0.2, -0.15) is 0 Å². The monoisotopic (exact) mass is 465 g/mol. The number of halogens is 1. The lowest BCUT2D eigenvalue weighted by atomic mass is 9.86. The van der Waals surface area contributed by atoms with E-state index in [2.05, 4.69) is 10.3 Å². The molecule has 2 saturated carbocycles. The number of nitrogens with two attached hydrogens (primary N) is 1. The Kier molecular flexibility index (Phi) is 9.52. The minimum Gasteiger partial charge on any atom is -0.460 e. The molecule has 0 amide bonds. The fraction of sp³-hybridized carbons (Fsp3) is 0.895. The lowest BCUT2D eigenvalue weighted by Crippen LogP contribution is -2.41. The zero-order valence-corrected chi connectivity index (χ0v) is 18.4. The quantitative estimate of drug-likeness (QED) is 0.216. The average molecular weight is 465 g/mol. The number of carbonyl (C=O) groups is 1. The number of hydrogen-bond acceptors (Lipinski definition) is 3. The Balaban J connectivity index is 0.00000312. The number of guanidine groups is 1. The molecule has 3 N–H and O–H groups in total. The largest absolute Gasteiger partial charge is 0.460 e. The molecule has 25 heavy (non-hydrogen) atoms. The van der Waals surface area contributed by atoms with Crippen LogP contribution in [0.4, 0.5) is 0 Å². The highest BCUT2D eigenvalue weighted by Crippen LogP contribution is 2.28. The van der Waals surface area contributed by atoms with E-state index < -0.39 is 5.60 Å². The van der Waals surface area contributed by atoms with Gasteiger partial charge in [0.05, 0.1) is 12.0 Å². The molecule has 0 aromatic carbocycles. The van der Waals surface area contributed by atoms with Crippen LogP contribution in [0.2, 0.25) is 0 Å². The molecule has 6 heteroatoms. The van der Waals surface area contributed by atoms with Gasteiger partial charge in [-0.25, -0.2) is 0 Å². The number of carbonyl (C=O) groups excluding carboxylic acids is 1. The van der Waals surface area contributed by atoms with Crippen molar-refractivity contribution >= 4 is 35.9 Å². The molecule has 0 radical (unpaired) electrons. The number of rotatable bonds is 3. The third-order valence-corrected chi connectivity index (χ3v) is 4.97. The minimum atomic E-state index is -0.404. The summed E-state index contributed by atoms with van der Waals surface area (Å²) in [6.45, 7) is 5.75. The summed E-state index contributed by atoms with van der Waals surface area (Å²) < 4.78 is 5.49. The molecule has 0 heterocycles. The van der Waals surface area contributed by atoms with E-state index in [4.69, 9.17) is 10.5 Å². The van der Waals surface area contributed by atoms with E-state index in [1.165, 1.54) is 38.5 Å². The number of esters is 1. The van der Waals surface area contributed by atoms with Gasteiger partial charge < -0.3 is 15.8 Å². The second-order valence-electron chi connectivity index (χ2n) is 8.39. The van der Waals surface area contributed by atoms with Crippen molar-refractivity contribution in [1.82, 2.24) is 5.32 Å². The third kappa shape index (κ3) is 8.60. The molecule has 0 spiro atoms. The van der Waals surface area contributed by atoms with Gasteiger partial charge in [0, 0.05) is 6.04 Å². The van der Waals surface area contributed by atoms with Crippen LogP contribution in [0.15, 0.2) is 4.99 Å². The Morgan fingerprint density at radius 3 is 2.08 bits per heavy atom. The van der Waals surface area contributed by atoms with Crippen molar-refractivity contribution in [3.8, 4) is 0 Å². The van der Waals surface area contributed by atoms with Crippen molar-refractivity contribution in [2.24, 2.45) is 16.6 Å². The maximum absolute atomic E-state index is 12.1. The van der Waals surface area contributed by atoms with E-state index in [1.807, 2.05) is 20.8 Å². The third-order valence-electron chi connectivity index (χ3n) is 4.97. The molecule has 5 nitrogen and oxygen atoms in total. The van der Waals surface area contributed by atoms with Gasteiger partial charge in [-0.3, -0.25) is 9.79 Å². The molecule has 0 aliphatic heterocycles. The Hall–Kier alpha value is -0.530. The Bertz CT molecular complexity index is 432. The normalized spacial score (nSPS) is 26.3. The lowest BCUT2D eigenvalue weighted by molar-refractivity contribution is -0.161. The first-order valence-corrected chi connectivity index (χ1v) is 9.66. The first kappa shape index (κ1) is 22.5.